The summed E-state index contributed by atoms with van der Waals surface area (Å²) < 4.78 is 0. The van der Waals surface area contributed by atoms with Gasteiger partial charge in [-0.3, -0.25) is 0 Å². The molecule has 1 aromatic rings. The van der Waals surface area contributed by atoms with E-state index in [1.54, 1.807) is 0 Å². The maximum absolute atomic E-state index is 6.12. The summed E-state index contributed by atoms with van der Waals surface area (Å²) in [6, 6.07) is 8.71. The minimum Gasteiger partial charge on any atom is -0.323 e. The second-order valence-electron chi connectivity index (χ2n) is 4.34. The Balaban J connectivity index is 2.49. The standard InChI is InChI=1S/C11H15N/c1-11(2)7-8-5-3-4-6-9(8)10(11)12/h3-6,10H,7,12H2,1-2H3/t10-/m1/s1. The maximum Gasteiger partial charge on any atom is 0.0352 e. The molecule has 12 heavy (non-hydrogen) atoms. The molecule has 0 amide bonds. The van der Waals surface area contributed by atoms with E-state index >= 15 is 0 Å². The van der Waals surface area contributed by atoms with E-state index in [0.717, 1.165) is 6.42 Å². The Labute approximate surface area is 73.6 Å². The van der Waals surface area contributed by atoms with Gasteiger partial charge < -0.3 is 5.73 Å². The van der Waals surface area contributed by atoms with Crippen molar-refractivity contribution in [2.45, 2.75) is 26.3 Å². The van der Waals surface area contributed by atoms with Crippen molar-refractivity contribution < 1.29 is 0 Å². The fourth-order valence-corrected chi connectivity index (χ4v) is 2.02. The summed E-state index contributed by atoms with van der Waals surface area (Å²) in [6.45, 7) is 4.47. The van der Waals surface area contributed by atoms with Gasteiger partial charge in [0.2, 0.25) is 0 Å². The van der Waals surface area contributed by atoms with Gasteiger partial charge in [-0.05, 0) is 23.0 Å². The van der Waals surface area contributed by atoms with Crippen LogP contribution >= 0.6 is 0 Å². The average molecular weight is 161 g/mol. The van der Waals surface area contributed by atoms with E-state index in [2.05, 4.69) is 38.1 Å². The SMILES string of the molecule is CC1(C)Cc2ccccc2[C@H]1N. The van der Waals surface area contributed by atoms with Crippen molar-refractivity contribution in [2.75, 3.05) is 0 Å². The second kappa shape index (κ2) is 2.33. The van der Waals surface area contributed by atoms with Gasteiger partial charge in [-0.25, -0.2) is 0 Å². The topological polar surface area (TPSA) is 26.0 Å². The van der Waals surface area contributed by atoms with Crippen LogP contribution in [0.1, 0.15) is 31.0 Å². The van der Waals surface area contributed by atoms with Crippen LogP contribution in [-0.4, -0.2) is 0 Å². The molecule has 1 atom stereocenters. The molecule has 0 unspecified atom stereocenters. The first-order valence-electron chi connectivity index (χ1n) is 4.45. The van der Waals surface area contributed by atoms with Crippen LogP contribution in [0.25, 0.3) is 0 Å². The van der Waals surface area contributed by atoms with Crippen LogP contribution in [0.15, 0.2) is 24.3 Å². The number of fused-ring (bicyclic) bond motifs is 1. The zero-order valence-electron chi connectivity index (χ0n) is 7.67. The lowest BCUT2D eigenvalue weighted by molar-refractivity contribution is 0.319. The molecule has 0 heterocycles. The Morgan fingerprint density at radius 2 is 2.00 bits per heavy atom. The first-order chi connectivity index (χ1) is 5.61. The highest BCUT2D eigenvalue weighted by atomic mass is 14.7. The van der Waals surface area contributed by atoms with Crippen LogP contribution in [-0.2, 0) is 6.42 Å². The largest absolute Gasteiger partial charge is 0.323 e. The van der Waals surface area contributed by atoms with Gasteiger partial charge in [-0.1, -0.05) is 38.1 Å². The molecule has 0 aromatic heterocycles. The third-order valence-electron chi connectivity index (χ3n) is 2.88. The van der Waals surface area contributed by atoms with Crippen LogP contribution in [0.3, 0.4) is 0 Å². The zero-order valence-corrected chi connectivity index (χ0v) is 7.67. The molecule has 0 aliphatic heterocycles. The monoisotopic (exact) mass is 161 g/mol. The van der Waals surface area contributed by atoms with Crippen LogP contribution < -0.4 is 5.73 Å². The first-order valence-corrected chi connectivity index (χ1v) is 4.45. The molecule has 1 heteroatoms. The van der Waals surface area contributed by atoms with Crippen LogP contribution in [0, 0.1) is 5.41 Å². The van der Waals surface area contributed by atoms with Gasteiger partial charge in [-0.15, -0.1) is 0 Å². The fourth-order valence-electron chi connectivity index (χ4n) is 2.02. The average Bonchev–Trinajstić information content (AvgIpc) is 2.24. The van der Waals surface area contributed by atoms with Crippen molar-refractivity contribution in [1.82, 2.24) is 0 Å². The summed E-state index contributed by atoms with van der Waals surface area (Å²) in [5.74, 6) is 0. The first kappa shape index (κ1) is 7.81. The summed E-state index contributed by atoms with van der Waals surface area (Å²) >= 11 is 0. The van der Waals surface area contributed by atoms with Crippen molar-refractivity contribution in [3.63, 3.8) is 0 Å². The van der Waals surface area contributed by atoms with Gasteiger partial charge in [0.15, 0.2) is 0 Å². The van der Waals surface area contributed by atoms with E-state index in [-0.39, 0.29) is 11.5 Å². The highest BCUT2D eigenvalue weighted by Gasteiger charge is 2.35. The molecule has 0 spiro atoms. The second-order valence-corrected chi connectivity index (χ2v) is 4.34. The van der Waals surface area contributed by atoms with Crippen molar-refractivity contribution in [3.8, 4) is 0 Å². The van der Waals surface area contributed by atoms with E-state index < -0.39 is 0 Å². The predicted molar refractivity (Wildman–Crippen MR) is 50.9 cm³/mol. The van der Waals surface area contributed by atoms with Gasteiger partial charge in [0, 0.05) is 6.04 Å². The van der Waals surface area contributed by atoms with E-state index in [1.807, 2.05) is 0 Å². The quantitative estimate of drug-likeness (QED) is 0.620. The molecule has 1 nitrogen and oxygen atoms in total. The summed E-state index contributed by atoms with van der Waals surface area (Å²) in [7, 11) is 0. The van der Waals surface area contributed by atoms with Gasteiger partial charge in [0.25, 0.3) is 0 Å². The molecule has 0 fully saturated rings. The Bertz CT molecular complexity index is 302. The number of benzene rings is 1. The number of hydrogen-bond acceptors (Lipinski definition) is 1. The number of hydrogen-bond donors (Lipinski definition) is 1. The molecule has 2 N–H and O–H groups in total. The number of rotatable bonds is 0. The normalized spacial score (nSPS) is 25.4. The van der Waals surface area contributed by atoms with Gasteiger partial charge in [-0.2, -0.15) is 0 Å². The lowest BCUT2D eigenvalue weighted by Crippen LogP contribution is -2.24. The van der Waals surface area contributed by atoms with E-state index in [4.69, 9.17) is 5.73 Å². The lowest BCUT2D eigenvalue weighted by Gasteiger charge is -2.23. The lowest BCUT2D eigenvalue weighted by atomic mass is 9.86. The molecule has 0 bridgehead atoms. The Morgan fingerprint density at radius 1 is 1.33 bits per heavy atom. The molecular formula is C11H15N. The molecule has 0 saturated heterocycles. The molecule has 64 valence electrons. The smallest absolute Gasteiger partial charge is 0.0352 e. The van der Waals surface area contributed by atoms with E-state index in [9.17, 15) is 0 Å². The molecular weight excluding hydrogens is 146 g/mol. The van der Waals surface area contributed by atoms with Gasteiger partial charge >= 0.3 is 0 Å². The van der Waals surface area contributed by atoms with Crippen molar-refractivity contribution in [1.29, 1.82) is 0 Å². The summed E-state index contributed by atoms with van der Waals surface area (Å²) in [5, 5.41) is 0. The van der Waals surface area contributed by atoms with Crippen molar-refractivity contribution >= 4 is 0 Å². The molecule has 1 aromatic carbocycles. The Hall–Kier alpha value is -0.820. The Morgan fingerprint density at radius 3 is 2.67 bits per heavy atom. The molecule has 0 saturated carbocycles. The number of nitrogens with two attached hydrogens (primary N) is 1. The third kappa shape index (κ3) is 0.969. The van der Waals surface area contributed by atoms with Crippen molar-refractivity contribution in [3.05, 3.63) is 35.4 Å². The summed E-state index contributed by atoms with van der Waals surface area (Å²) in [5.41, 5.74) is 9.13. The van der Waals surface area contributed by atoms with E-state index in [0.29, 0.717) is 0 Å². The molecule has 1 aliphatic rings. The van der Waals surface area contributed by atoms with Crippen LogP contribution in [0.4, 0.5) is 0 Å². The third-order valence-corrected chi connectivity index (χ3v) is 2.88. The highest BCUT2D eigenvalue weighted by molar-refractivity contribution is 5.36. The summed E-state index contributed by atoms with van der Waals surface area (Å²) in [6.07, 6.45) is 1.12. The van der Waals surface area contributed by atoms with Crippen LogP contribution in [0.2, 0.25) is 0 Å². The molecule has 1 aliphatic carbocycles. The van der Waals surface area contributed by atoms with Gasteiger partial charge in [0.05, 0.1) is 0 Å². The molecule has 0 radical (unpaired) electrons. The minimum atomic E-state index is 0.216. The highest BCUT2D eigenvalue weighted by Crippen LogP contribution is 2.42. The summed E-state index contributed by atoms with van der Waals surface area (Å²) in [4.78, 5) is 0. The predicted octanol–water partition coefficient (Wildman–Crippen LogP) is 2.27. The molecule has 2 rings (SSSR count). The van der Waals surface area contributed by atoms with Crippen molar-refractivity contribution in [2.24, 2.45) is 11.1 Å². The van der Waals surface area contributed by atoms with E-state index in [1.165, 1.54) is 11.1 Å². The van der Waals surface area contributed by atoms with Gasteiger partial charge in [0.1, 0.15) is 0 Å². The minimum absolute atomic E-state index is 0.216. The zero-order chi connectivity index (χ0) is 8.77. The fraction of sp³-hybridized carbons (Fsp3) is 0.455. The van der Waals surface area contributed by atoms with Crippen LogP contribution in [0.5, 0.6) is 0 Å². The Kier molecular flexibility index (Phi) is 1.52. The maximum atomic E-state index is 6.12.